The van der Waals surface area contributed by atoms with Gasteiger partial charge < -0.3 is 11.1 Å². The van der Waals surface area contributed by atoms with Crippen LogP contribution in [-0.4, -0.2) is 0 Å². The molecule has 34 heavy (non-hydrogen) atoms. The summed E-state index contributed by atoms with van der Waals surface area (Å²) in [5, 5.41) is 3.32. The fraction of sp³-hybridized carbons (Fsp3) is 0.0625. The normalized spacial score (nSPS) is 10.5. The topological polar surface area (TPSA) is 38.0 Å². The number of rotatable bonds is 8. The van der Waals surface area contributed by atoms with Crippen molar-refractivity contribution in [3.63, 3.8) is 0 Å². The van der Waals surface area contributed by atoms with Crippen molar-refractivity contribution < 1.29 is 0 Å². The largest absolute Gasteiger partial charge is 0.399 e. The van der Waals surface area contributed by atoms with Gasteiger partial charge in [0.25, 0.3) is 0 Å². The molecule has 0 aliphatic rings. The summed E-state index contributed by atoms with van der Waals surface area (Å²) in [6.45, 7) is 14.6. The van der Waals surface area contributed by atoms with Crippen LogP contribution < -0.4 is 11.1 Å². The molecule has 0 radical (unpaired) electrons. The maximum Gasteiger partial charge on any atom is 0.0404 e. The fourth-order valence-electron chi connectivity index (χ4n) is 3.89. The molecule has 168 valence electrons. The van der Waals surface area contributed by atoms with E-state index in [1.165, 1.54) is 11.1 Å². The molecular weight excluding hydrogens is 412 g/mol. The number of benzene rings is 4. The Kier molecular flexibility index (Phi) is 6.79. The second-order valence-corrected chi connectivity index (χ2v) is 8.64. The minimum atomic E-state index is 0.725. The van der Waals surface area contributed by atoms with E-state index in [9.17, 15) is 0 Å². The molecule has 2 heteroatoms. The van der Waals surface area contributed by atoms with Gasteiger partial charge in [-0.15, -0.1) is 0 Å². The number of hydrogen-bond acceptors (Lipinski definition) is 2. The van der Waals surface area contributed by atoms with Gasteiger partial charge in [0, 0.05) is 17.1 Å². The molecule has 4 rings (SSSR count). The highest BCUT2D eigenvalue weighted by molar-refractivity contribution is 5.80. The number of allylic oxidation sites excluding steroid dienone is 1. The van der Waals surface area contributed by atoms with Crippen molar-refractivity contribution in [3.8, 4) is 0 Å². The van der Waals surface area contributed by atoms with Gasteiger partial charge in [-0.2, -0.15) is 0 Å². The molecular formula is C32H30N2. The SMILES string of the molecule is C=C(C)c1cccc(C(=C)c2ccc(Cc3ccc(C(=C)Nc4cccc(N)c4)cc3)cc2)c1. The van der Waals surface area contributed by atoms with Crippen molar-refractivity contribution in [1.29, 1.82) is 0 Å². The van der Waals surface area contributed by atoms with E-state index in [0.717, 1.165) is 56.9 Å². The zero-order chi connectivity index (χ0) is 24.1. The van der Waals surface area contributed by atoms with Crippen molar-refractivity contribution in [1.82, 2.24) is 0 Å². The first-order chi connectivity index (χ1) is 16.4. The maximum atomic E-state index is 5.86. The number of nitrogen functional groups attached to an aromatic ring is 1. The lowest BCUT2D eigenvalue weighted by atomic mass is 9.95. The van der Waals surface area contributed by atoms with Crippen LogP contribution in [0.3, 0.4) is 0 Å². The lowest BCUT2D eigenvalue weighted by molar-refractivity contribution is 1.19. The predicted octanol–water partition coefficient (Wildman–Crippen LogP) is 8.04. The highest BCUT2D eigenvalue weighted by Crippen LogP contribution is 2.25. The summed E-state index contributed by atoms with van der Waals surface area (Å²) in [5.41, 5.74) is 17.4. The molecule has 0 fully saturated rings. The molecule has 4 aromatic rings. The molecule has 0 aromatic heterocycles. The van der Waals surface area contributed by atoms with E-state index in [-0.39, 0.29) is 0 Å². The van der Waals surface area contributed by atoms with E-state index in [4.69, 9.17) is 5.73 Å². The number of hydrogen-bond donors (Lipinski definition) is 2. The summed E-state index contributed by atoms with van der Waals surface area (Å²) in [7, 11) is 0. The third-order valence-corrected chi connectivity index (χ3v) is 5.90. The van der Waals surface area contributed by atoms with Gasteiger partial charge >= 0.3 is 0 Å². The minimum Gasteiger partial charge on any atom is -0.399 e. The van der Waals surface area contributed by atoms with Crippen LogP contribution in [-0.2, 0) is 6.42 Å². The number of anilines is 2. The standard InChI is InChI=1S/C32H30N2/c1-22(2)29-7-5-8-30(20-29)23(3)27-15-11-25(12-16-27)19-26-13-17-28(18-14-26)24(4)34-32-10-6-9-31(33)21-32/h5-18,20-21,34H,1,3-4,19,33H2,2H3. The zero-order valence-electron chi connectivity index (χ0n) is 19.6. The average molecular weight is 443 g/mol. The molecule has 0 spiro atoms. The third-order valence-electron chi connectivity index (χ3n) is 5.90. The van der Waals surface area contributed by atoms with E-state index in [2.05, 4.69) is 97.9 Å². The van der Waals surface area contributed by atoms with Crippen molar-refractivity contribution >= 4 is 28.2 Å². The van der Waals surface area contributed by atoms with Crippen LogP contribution in [0, 0.1) is 0 Å². The van der Waals surface area contributed by atoms with Gasteiger partial charge in [-0.05, 0) is 76.6 Å². The van der Waals surface area contributed by atoms with Gasteiger partial charge in [-0.3, -0.25) is 0 Å². The van der Waals surface area contributed by atoms with Crippen molar-refractivity contribution in [2.75, 3.05) is 11.1 Å². The molecule has 3 N–H and O–H groups in total. The van der Waals surface area contributed by atoms with Gasteiger partial charge in [-0.25, -0.2) is 0 Å². The minimum absolute atomic E-state index is 0.725. The smallest absolute Gasteiger partial charge is 0.0404 e. The Balaban J connectivity index is 1.40. The number of nitrogens with two attached hydrogens (primary N) is 1. The highest BCUT2D eigenvalue weighted by atomic mass is 14.9. The summed E-state index contributed by atoms with van der Waals surface area (Å²) in [6.07, 6.45) is 0.868. The molecule has 0 heterocycles. The maximum absolute atomic E-state index is 5.86. The molecule has 0 aliphatic carbocycles. The Labute approximate surface area is 202 Å². The van der Waals surface area contributed by atoms with Crippen LogP contribution in [0.1, 0.15) is 40.3 Å². The van der Waals surface area contributed by atoms with E-state index in [0.29, 0.717) is 0 Å². The van der Waals surface area contributed by atoms with Gasteiger partial charge in [0.05, 0.1) is 0 Å². The summed E-state index contributed by atoms with van der Waals surface area (Å²) < 4.78 is 0. The molecule has 0 saturated carbocycles. The fourth-order valence-corrected chi connectivity index (χ4v) is 3.89. The molecule has 0 bridgehead atoms. The van der Waals surface area contributed by atoms with Crippen molar-refractivity contribution in [2.24, 2.45) is 0 Å². The lowest BCUT2D eigenvalue weighted by Gasteiger charge is -2.12. The average Bonchev–Trinajstić information content (AvgIpc) is 2.84. The molecule has 0 aliphatic heterocycles. The van der Waals surface area contributed by atoms with Crippen LogP contribution >= 0.6 is 0 Å². The molecule has 0 amide bonds. The third kappa shape index (κ3) is 5.54. The Morgan fingerprint density at radius 2 is 1.26 bits per heavy atom. The Hall–Kier alpha value is -4.30. The highest BCUT2D eigenvalue weighted by Gasteiger charge is 2.06. The van der Waals surface area contributed by atoms with E-state index in [1.54, 1.807) is 0 Å². The summed E-state index contributed by atoms with van der Waals surface area (Å²) in [6, 6.07) is 33.2. The second kappa shape index (κ2) is 10.1. The lowest BCUT2D eigenvalue weighted by Crippen LogP contribution is -1.98. The van der Waals surface area contributed by atoms with Crippen molar-refractivity contribution in [3.05, 3.63) is 150 Å². The van der Waals surface area contributed by atoms with E-state index < -0.39 is 0 Å². The van der Waals surface area contributed by atoms with Crippen LogP contribution in [0.2, 0.25) is 0 Å². The molecule has 2 nitrogen and oxygen atoms in total. The van der Waals surface area contributed by atoms with Gasteiger partial charge in [-0.1, -0.05) is 98.1 Å². The van der Waals surface area contributed by atoms with Crippen molar-refractivity contribution in [2.45, 2.75) is 13.3 Å². The van der Waals surface area contributed by atoms with Crippen LogP contribution in [0.4, 0.5) is 11.4 Å². The van der Waals surface area contributed by atoms with Crippen LogP contribution in [0.15, 0.2) is 117 Å². The Morgan fingerprint density at radius 1 is 0.676 bits per heavy atom. The van der Waals surface area contributed by atoms with Crippen LogP contribution in [0.25, 0.3) is 16.8 Å². The number of nitrogens with one attached hydrogen (secondary N) is 1. The Bertz CT molecular complexity index is 1340. The Morgan fingerprint density at radius 3 is 1.88 bits per heavy atom. The summed E-state index contributed by atoms with van der Waals surface area (Å²) in [4.78, 5) is 0. The second-order valence-electron chi connectivity index (χ2n) is 8.64. The zero-order valence-corrected chi connectivity index (χ0v) is 19.6. The van der Waals surface area contributed by atoms with Gasteiger partial charge in [0.15, 0.2) is 0 Å². The quantitative estimate of drug-likeness (QED) is 0.271. The molecule has 4 aromatic carbocycles. The molecule has 0 saturated heterocycles. The molecule has 0 unspecified atom stereocenters. The first kappa shape index (κ1) is 22.9. The predicted molar refractivity (Wildman–Crippen MR) is 148 cm³/mol. The first-order valence-electron chi connectivity index (χ1n) is 11.3. The summed E-state index contributed by atoms with van der Waals surface area (Å²) >= 11 is 0. The van der Waals surface area contributed by atoms with E-state index in [1.807, 2.05) is 31.2 Å². The summed E-state index contributed by atoms with van der Waals surface area (Å²) in [5.74, 6) is 0. The molecule has 0 atom stereocenters. The van der Waals surface area contributed by atoms with Crippen LogP contribution in [0.5, 0.6) is 0 Å². The van der Waals surface area contributed by atoms with Gasteiger partial charge in [0.1, 0.15) is 0 Å². The van der Waals surface area contributed by atoms with E-state index >= 15 is 0 Å². The monoisotopic (exact) mass is 442 g/mol. The first-order valence-corrected chi connectivity index (χ1v) is 11.3. The van der Waals surface area contributed by atoms with Gasteiger partial charge in [0.2, 0.25) is 0 Å².